The van der Waals surface area contributed by atoms with Gasteiger partial charge in [-0.25, -0.2) is 4.18 Å². The van der Waals surface area contributed by atoms with E-state index in [2.05, 4.69) is 48.5 Å². The average Bonchev–Trinajstić information content (AvgIpc) is 2.89. The fourth-order valence-corrected chi connectivity index (χ4v) is 4.80. The summed E-state index contributed by atoms with van der Waals surface area (Å²) in [4.78, 5) is 0. The summed E-state index contributed by atoms with van der Waals surface area (Å²) < 4.78 is 68.3. The van der Waals surface area contributed by atoms with Crippen LogP contribution in [0.2, 0.25) is 0 Å². The van der Waals surface area contributed by atoms with Gasteiger partial charge >= 0.3 is 10.4 Å². The molecule has 0 unspecified atom stereocenters. The summed E-state index contributed by atoms with van der Waals surface area (Å²) in [7, 11) is -4.77. The number of hydrogen-bond donors (Lipinski definition) is 1. The summed E-state index contributed by atoms with van der Waals surface area (Å²) in [6.45, 7) is 15.3. The summed E-state index contributed by atoms with van der Waals surface area (Å²) in [6, 6.07) is 11.3. The molecular formula is C32H48O9S. The number of rotatable bonds is 8. The lowest BCUT2D eigenvalue weighted by atomic mass is 9.87. The minimum atomic E-state index is -4.77. The van der Waals surface area contributed by atoms with E-state index in [0.29, 0.717) is 29.6 Å². The minimum absolute atomic E-state index is 0.144. The average molecular weight is 609 g/mol. The first-order valence-electron chi connectivity index (χ1n) is 14.7. The maximum Gasteiger partial charge on any atom is 0.397 e. The van der Waals surface area contributed by atoms with Crippen LogP contribution in [0.15, 0.2) is 36.4 Å². The maximum atomic E-state index is 11.6. The van der Waals surface area contributed by atoms with Gasteiger partial charge in [-0.1, -0.05) is 79.9 Å². The first-order valence-corrected chi connectivity index (χ1v) is 16.1. The minimum Gasteiger partial charge on any atom is -0.487 e. The van der Waals surface area contributed by atoms with Crippen LogP contribution in [-0.4, -0.2) is 58.2 Å². The second-order valence-corrected chi connectivity index (χ2v) is 13.8. The van der Waals surface area contributed by atoms with Gasteiger partial charge in [0, 0.05) is 6.61 Å². The van der Waals surface area contributed by atoms with Gasteiger partial charge in [0.15, 0.2) is 23.0 Å². The van der Waals surface area contributed by atoms with Crippen LogP contribution in [0.5, 0.6) is 23.0 Å². The van der Waals surface area contributed by atoms with Crippen molar-refractivity contribution in [2.45, 2.75) is 97.2 Å². The Morgan fingerprint density at radius 2 is 1.17 bits per heavy atom. The van der Waals surface area contributed by atoms with Gasteiger partial charge in [-0.2, -0.15) is 8.42 Å². The Kier molecular flexibility index (Phi) is 11.9. The van der Waals surface area contributed by atoms with Crippen LogP contribution in [0, 0.1) is 0 Å². The van der Waals surface area contributed by atoms with Crippen molar-refractivity contribution in [1.82, 2.24) is 0 Å². The second kappa shape index (κ2) is 14.8. The lowest BCUT2D eigenvalue weighted by Crippen LogP contribution is -2.32. The number of hydrogen-bond acceptors (Lipinski definition) is 8. The molecule has 0 radical (unpaired) electrons. The zero-order valence-electron chi connectivity index (χ0n) is 26.1. The monoisotopic (exact) mass is 608 g/mol. The Morgan fingerprint density at radius 3 is 1.60 bits per heavy atom. The van der Waals surface area contributed by atoms with Gasteiger partial charge in [0.25, 0.3) is 0 Å². The van der Waals surface area contributed by atoms with E-state index in [4.69, 9.17) is 27.9 Å². The van der Waals surface area contributed by atoms with Gasteiger partial charge in [0.2, 0.25) is 0 Å². The molecular weight excluding hydrogens is 560 g/mol. The van der Waals surface area contributed by atoms with Crippen molar-refractivity contribution in [1.29, 1.82) is 0 Å². The Morgan fingerprint density at radius 1 is 0.714 bits per heavy atom. The molecule has 10 heteroatoms. The summed E-state index contributed by atoms with van der Waals surface area (Å²) >= 11 is 0. The maximum absolute atomic E-state index is 11.6. The van der Waals surface area contributed by atoms with Gasteiger partial charge in [-0.05, 0) is 52.6 Å². The summed E-state index contributed by atoms with van der Waals surface area (Å²) in [5.74, 6) is 1.78. The topological polar surface area (TPSA) is 110 Å². The molecule has 0 bridgehead atoms. The van der Waals surface area contributed by atoms with Crippen molar-refractivity contribution < 1.29 is 40.8 Å². The standard InChI is InChI=1S/C32H48O9S/c1-8-9-10-11-16-36-25-19-39-29-17-23(31(2,3)4)12-14-27(29)37-21-26(41-42(33,34)35)22-38-28-15-13-24(32(5,6)7)18-30(28)40-20-25/h12-15,17-18,25-26H,8-11,16,19-22H2,1-7H3,(H,33,34,35). The van der Waals surface area contributed by atoms with E-state index in [1.54, 1.807) is 12.1 Å². The van der Waals surface area contributed by atoms with Crippen molar-refractivity contribution in [3.05, 3.63) is 47.5 Å². The summed E-state index contributed by atoms with van der Waals surface area (Å²) in [5, 5.41) is 0. The van der Waals surface area contributed by atoms with Crippen molar-refractivity contribution in [2.75, 3.05) is 33.0 Å². The lowest BCUT2D eigenvalue weighted by molar-refractivity contribution is -0.0111. The predicted octanol–water partition coefficient (Wildman–Crippen LogP) is 6.66. The molecule has 42 heavy (non-hydrogen) atoms. The highest BCUT2D eigenvalue weighted by atomic mass is 32.3. The molecule has 0 aliphatic carbocycles. The molecule has 1 aliphatic heterocycles. The molecule has 2 aromatic rings. The van der Waals surface area contributed by atoms with Crippen molar-refractivity contribution in [2.24, 2.45) is 0 Å². The lowest BCUT2D eigenvalue weighted by Gasteiger charge is -2.26. The van der Waals surface area contributed by atoms with Gasteiger partial charge in [-0.3, -0.25) is 4.55 Å². The van der Waals surface area contributed by atoms with E-state index < -0.39 is 16.5 Å². The molecule has 0 atom stereocenters. The highest BCUT2D eigenvalue weighted by Gasteiger charge is 2.25. The molecule has 0 fully saturated rings. The quantitative estimate of drug-likeness (QED) is 0.260. The molecule has 1 aliphatic rings. The third-order valence-electron chi connectivity index (χ3n) is 6.93. The van der Waals surface area contributed by atoms with Gasteiger partial charge in [-0.15, -0.1) is 0 Å². The van der Waals surface area contributed by atoms with Crippen LogP contribution in [0.25, 0.3) is 0 Å². The third kappa shape index (κ3) is 10.9. The van der Waals surface area contributed by atoms with Crippen LogP contribution < -0.4 is 18.9 Å². The number of fused-ring (bicyclic) bond motifs is 2. The van der Waals surface area contributed by atoms with Crippen LogP contribution in [0.1, 0.15) is 85.3 Å². The van der Waals surface area contributed by atoms with Crippen LogP contribution in [-0.2, 0) is 30.1 Å². The molecule has 0 spiro atoms. The van der Waals surface area contributed by atoms with Gasteiger partial charge < -0.3 is 23.7 Å². The Labute approximate surface area is 251 Å². The van der Waals surface area contributed by atoms with E-state index in [1.807, 2.05) is 24.3 Å². The number of unbranched alkanes of at least 4 members (excludes halogenated alkanes) is 3. The zero-order chi connectivity index (χ0) is 31.0. The second-order valence-electron chi connectivity index (χ2n) is 12.8. The zero-order valence-corrected chi connectivity index (χ0v) is 26.9. The first kappa shape index (κ1) is 34.0. The van der Waals surface area contributed by atoms with E-state index in [0.717, 1.165) is 36.8 Å². The molecule has 0 amide bonds. The predicted molar refractivity (Wildman–Crippen MR) is 163 cm³/mol. The Hall–Kier alpha value is -2.53. The number of ether oxygens (including phenoxy) is 5. The highest BCUT2D eigenvalue weighted by Crippen LogP contribution is 2.36. The van der Waals surface area contributed by atoms with Crippen LogP contribution in [0.4, 0.5) is 0 Å². The first-order chi connectivity index (χ1) is 19.7. The molecule has 1 heterocycles. The van der Waals surface area contributed by atoms with Crippen LogP contribution in [0.3, 0.4) is 0 Å². The fraction of sp³-hybridized carbons (Fsp3) is 0.625. The van der Waals surface area contributed by atoms with Crippen molar-refractivity contribution in [3.8, 4) is 23.0 Å². The summed E-state index contributed by atoms with van der Waals surface area (Å²) in [5.41, 5.74) is 1.79. The van der Waals surface area contributed by atoms with Crippen molar-refractivity contribution >= 4 is 10.4 Å². The van der Waals surface area contributed by atoms with E-state index in [9.17, 15) is 13.0 Å². The van der Waals surface area contributed by atoms with Gasteiger partial charge in [0.05, 0.1) is 0 Å². The molecule has 3 rings (SSSR count). The highest BCUT2D eigenvalue weighted by molar-refractivity contribution is 7.80. The van der Waals surface area contributed by atoms with E-state index in [1.165, 1.54) is 0 Å². The number of benzene rings is 2. The van der Waals surface area contributed by atoms with E-state index in [-0.39, 0.29) is 43.4 Å². The molecule has 236 valence electrons. The third-order valence-corrected chi connectivity index (χ3v) is 7.44. The van der Waals surface area contributed by atoms with Crippen molar-refractivity contribution in [3.63, 3.8) is 0 Å². The van der Waals surface area contributed by atoms with E-state index >= 15 is 0 Å². The normalized spacial score (nSPS) is 18.8. The molecule has 2 aromatic carbocycles. The molecule has 0 saturated carbocycles. The molecule has 1 N–H and O–H groups in total. The Balaban J connectivity index is 1.96. The van der Waals surface area contributed by atoms with Gasteiger partial charge in [0.1, 0.15) is 38.6 Å². The molecule has 9 nitrogen and oxygen atoms in total. The SMILES string of the molecule is CCCCCCOC1COc2cc(C(C)(C)C)ccc2OCC(OS(=O)(=O)O)COc2ccc(C(C)(C)C)cc2OC1. The molecule has 0 aromatic heterocycles. The smallest absolute Gasteiger partial charge is 0.397 e. The summed E-state index contributed by atoms with van der Waals surface area (Å²) in [6.07, 6.45) is 2.82. The van der Waals surface area contributed by atoms with Crippen LogP contribution >= 0.6 is 0 Å². The fourth-order valence-electron chi connectivity index (χ4n) is 4.34. The Bertz CT molecular complexity index is 1170. The largest absolute Gasteiger partial charge is 0.487 e. The molecule has 0 saturated heterocycles.